The van der Waals surface area contributed by atoms with Gasteiger partial charge in [-0.2, -0.15) is 0 Å². The van der Waals surface area contributed by atoms with Gasteiger partial charge in [-0.3, -0.25) is 38.5 Å². The van der Waals surface area contributed by atoms with Gasteiger partial charge < -0.3 is 38.9 Å². The highest BCUT2D eigenvalue weighted by molar-refractivity contribution is 7.32. The summed E-state index contributed by atoms with van der Waals surface area (Å²) in [6.45, 7) is -0.0258. The van der Waals surface area contributed by atoms with Crippen LogP contribution in [-0.2, 0) is 44.5 Å². The molecule has 6 amide bonds. The molecule has 5 aromatic carbocycles. The molecule has 74 heavy (non-hydrogen) atoms. The third kappa shape index (κ3) is 11.7. The molecule has 5 aromatic rings. The highest BCUT2D eigenvalue weighted by Gasteiger charge is 2.34. The third-order valence-corrected chi connectivity index (χ3v) is 14.2. The number of imide groups is 1. The molecule has 17 nitrogen and oxygen atoms in total. The Labute approximate surface area is 432 Å². The Bertz CT molecular complexity index is 3170. The molecule has 0 bridgehead atoms. The van der Waals surface area contributed by atoms with Crippen molar-refractivity contribution in [3.05, 3.63) is 125 Å². The second-order valence-corrected chi connectivity index (χ2v) is 19.2. The molecule has 0 saturated heterocycles. The maximum atomic E-state index is 14.2. The van der Waals surface area contributed by atoms with Gasteiger partial charge in [-0.25, -0.2) is 4.57 Å². The van der Waals surface area contributed by atoms with Crippen LogP contribution >= 0.6 is 19.9 Å². The zero-order valence-corrected chi connectivity index (χ0v) is 42.6. The van der Waals surface area contributed by atoms with Crippen molar-refractivity contribution in [1.82, 2.24) is 9.80 Å². The molecule has 0 radical (unpaired) electrons. The predicted molar refractivity (Wildman–Crippen MR) is 284 cm³/mol. The van der Waals surface area contributed by atoms with Gasteiger partial charge in [0.25, 0.3) is 23.6 Å². The van der Waals surface area contributed by atoms with Crippen LogP contribution in [-0.4, -0.2) is 120 Å². The molecule has 8 rings (SSSR count). The van der Waals surface area contributed by atoms with Crippen molar-refractivity contribution in [1.29, 1.82) is 0 Å². The van der Waals surface area contributed by atoms with E-state index < -0.39 is 20.6 Å². The van der Waals surface area contributed by atoms with Gasteiger partial charge in [-0.05, 0) is 70.5 Å². The quantitative estimate of drug-likeness (QED) is 0.0251. The molecule has 3 heterocycles. The minimum Gasteiger partial charge on any atom is -0.485 e. The largest absolute Gasteiger partial charge is 0.485 e. The molecule has 1 unspecified atom stereocenters. The molecule has 3 aliphatic rings. The van der Waals surface area contributed by atoms with E-state index in [0.29, 0.717) is 71.6 Å². The average Bonchev–Trinajstić information content (AvgIpc) is 4.11. The lowest BCUT2D eigenvalue weighted by Gasteiger charge is -2.23. The van der Waals surface area contributed by atoms with Crippen molar-refractivity contribution in [3.8, 4) is 11.5 Å². The summed E-state index contributed by atoms with van der Waals surface area (Å²) >= 11 is 6.50. The number of amides is 6. The smallest absolute Gasteiger partial charge is 0.365 e. The van der Waals surface area contributed by atoms with Crippen molar-refractivity contribution in [3.63, 3.8) is 0 Å². The maximum absolute atomic E-state index is 14.2. The summed E-state index contributed by atoms with van der Waals surface area (Å²) < 4.78 is 23.0. The molecule has 2 N–H and O–H groups in total. The number of carbonyl (C=O) groups is 7. The van der Waals surface area contributed by atoms with E-state index in [-0.39, 0.29) is 92.1 Å². The van der Waals surface area contributed by atoms with Crippen LogP contribution in [0.3, 0.4) is 0 Å². The monoisotopic (exact) mass is 1040 g/mol. The number of fused-ring (bicyclic) bond motifs is 6. The van der Waals surface area contributed by atoms with Gasteiger partial charge in [0.1, 0.15) is 24.7 Å². The molecule has 0 fully saturated rings. The number of aliphatic hydroxyl groups is 1. The van der Waals surface area contributed by atoms with Crippen LogP contribution in [0, 0.1) is 0 Å². The normalized spacial score (nSPS) is 15.4. The Balaban J connectivity index is 1.02. The topological polar surface area (TPSA) is 212 Å². The second kappa shape index (κ2) is 23.6. The first-order chi connectivity index (χ1) is 35.7. The maximum Gasteiger partial charge on any atom is 0.365 e. The van der Waals surface area contributed by atoms with E-state index in [9.17, 15) is 48.1 Å². The van der Waals surface area contributed by atoms with Crippen molar-refractivity contribution in [2.45, 2.75) is 44.4 Å². The Morgan fingerprint density at radius 1 is 0.784 bits per heavy atom. The van der Waals surface area contributed by atoms with Crippen LogP contribution in [0.1, 0.15) is 60.3 Å². The highest BCUT2D eigenvalue weighted by atomic mass is 35.5. The standard InChI is InChI=1S/C55H55ClN5O12P/c1-57(49(64)14-4-3-9-25-60-52(67)21-22-53(60)68)26-24-50(65)58(2)44-28-35(15-17-36(44)18-20-51(66)59-27-23-40-39-10-5-6-11-41(39)48(29-45(40)59)73-74(70)71)16-19-54(69)61-32-37(31-56)55-43-13-8-7-12-42(43)47(30-46(55)61)72-34-38(63)33-62/h5-8,10-13,15-22,28-30,37,62,74H,3-4,9,14,23-27,31-34H2,1-2H3,(H,70,71)/b19-16+,20-18+/t37-/m1/s1. The summed E-state index contributed by atoms with van der Waals surface area (Å²) in [4.78, 5) is 108. The Hall–Kier alpha value is -7.43. The Kier molecular flexibility index (Phi) is 16.9. The first kappa shape index (κ1) is 52.9. The van der Waals surface area contributed by atoms with Crippen LogP contribution < -0.4 is 24.0 Å². The highest BCUT2D eigenvalue weighted by Crippen LogP contribution is 2.46. The number of ether oxygens (including phenoxy) is 1. The molecule has 0 saturated carbocycles. The summed E-state index contributed by atoms with van der Waals surface area (Å²) in [6, 6.07) is 23.3. The van der Waals surface area contributed by atoms with E-state index in [2.05, 4.69) is 0 Å². The number of hydrogen-bond donors (Lipinski definition) is 2. The van der Waals surface area contributed by atoms with Crippen LogP contribution in [0.2, 0.25) is 0 Å². The van der Waals surface area contributed by atoms with Crippen molar-refractivity contribution in [2.75, 3.05) is 74.1 Å². The number of rotatable bonds is 21. The molecule has 0 aromatic heterocycles. The summed E-state index contributed by atoms with van der Waals surface area (Å²) in [5.41, 5.74) is 4.33. The van der Waals surface area contributed by atoms with E-state index in [4.69, 9.17) is 20.9 Å². The van der Waals surface area contributed by atoms with Gasteiger partial charge in [0, 0.05) is 112 Å². The van der Waals surface area contributed by atoms with E-state index in [0.717, 1.165) is 27.3 Å². The summed E-state index contributed by atoms with van der Waals surface area (Å²) in [5, 5.41) is 12.3. The molecule has 384 valence electrons. The Morgan fingerprint density at radius 2 is 1.45 bits per heavy atom. The van der Waals surface area contributed by atoms with Crippen LogP contribution in [0.15, 0.2) is 103 Å². The number of ketones is 1. The van der Waals surface area contributed by atoms with Gasteiger partial charge in [0.05, 0.1) is 17.1 Å². The van der Waals surface area contributed by atoms with Gasteiger partial charge in [-0.1, -0.05) is 67.1 Å². The van der Waals surface area contributed by atoms with Crippen molar-refractivity contribution < 1.29 is 57.4 Å². The number of nitrogens with zero attached hydrogens (tertiary/aromatic N) is 5. The van der Waals surface area contributed by atoms with Crippen LogP contribution in [0.4, 0.5) is 17.1 Å². The molecule has 0 aliphatic carbocycles. The zero-order valence-electron chi connectivity index (χ0n) is 40.8. The number of anilines is 3. The molecular formula is C55H55ClN5O12P. The number of benzene rings is 5. The second-order valence-electron chi connectivity index (χ2n) is 18.1. The van der Waals surface area contributed by atoms with Crippen LogP contribution in [0.25, 0.3) is 33.7 Å². The number of hydrogen-bond acceptors (Lipinski definition) is 11. The lowest BCUT2D eigenvalue weighted by atomic mass is 9.95. The summed E-state index contributed by atoms with van der Waals surface area (Å²) in [7, 11) is -0.152. The first-order valence-corrected chi connectivity index (χ1v) is 26.0. The minimum atomic E-state index is -3.36. The number of aliphatic hydroxyl groups excluding tert-OH is 1. The SMILES string of the molecule is CN(CCC(=O)N(C)c1cc(/C=C/C(=O)N2C[C@@H](CCl)c3c2cc(OCC(=O)CO)c2ccccc32)ccc1/C=C/C(=O)N1CCc2c1cc(O[PH](=O)O)c1ccccc21)C(=O)CCCCCN1C(=O)C=CC1=O. The van der Waals surface area contributed by atoms with Gasteiger partial charge in [0.2, 0.25) is 11.8 Å². The third-order valence-electron chi connectivity index (χ3n) is 13.5. The summed E-state index contributed by atoms with van der Waals surface area (Å²) in [6.07, 6.45) is 10.9. The number of alkyl halides is 1. The fourth-order valence-corrected chi connectivity index (χ4v) is 10.2. The lowest BCUT2D eigenvalue weighted by Crippen LogP contribution is -2.33. The average molecular weight is 1040 g/mol. The first-order valence-electron chi connectivity index (χ1n) is 24.2. The van der Waals surface area contributed by atoms with Gasteiger partial charge in [0.15, 0.2) is 5.78 Å². The molecule has 0 spiro atoms. The number of unbranched alkanes of at least 4 members (excludes halogenated alkanes) is 2. The molecule has 2 atom stereocenters. The van der Waals surface area contributed by atoms with E-state index >= 15 is 0 Å². The van der Waals surface area contributed by atoms with Crippen LogP contribution in [0.5, 0.6) is 11.5 Å². The van der Waals surface area contributed by atoms with Gasteiger partial charge >= 0.3 is 8.25 Å². The molecule has 19 heteroatoms. The number of carbonyl (C=O) groups excluding carboxylic acids is 7. The zero-order chi connectivity index (χ0) is 52.6. The number of halogens is 1. The van der Waals surface area contributed by atoms with E-state index in [1.165, 1.54) is 39.0 Å². The van der Waals surface area contributed by atoms with E-state index in [1.54, 1.807) is 78.5 Å². The fourth-order valence-electron chi connectivity index (χ4n) is 9.57. The van der Waals surface area contributed by atoms with Crippen molar-refractivity contribution >= 4 is 112 Å². The predicted octanol–water partition coefficient (Wildman–Crippen LogP) is 6.98. The number of Topliss-reactive ketones (excluding diaryl/α,β-unsaturated/α-hetero) is 1. The molecule has 3 aliphatic heterocycles. The summed E-state index contributed by atoms with van der Waals surface area (Å²) in [5.74, 6) is -1.87. The Morgan fingerprint density at radius 3 is 2.15 bits per heavy atom. The van der Waals surface area contributed by atoms with Gasteiger partial charge in [-0.15, -0.1) is 11.6 Å². The minimum absolute atomic E-state index is 0.0424. The molecular weight excluding hydrogens is 989 g/mol. The van der Waals surface area contributed by atoms with Crippen molar-refractivity contribution in [2.24, 2.45) is 0 Å². The van der Waals surface area contributed by atoms with E-state index in [1.807, 2.05) is 36.4 Å². The lowest BCUT2D eigenvalue weighted by molar-refractivity contribution is -0.137. The fraction of sp³-hybridized carbons (Fsp3) is 0.291.